The lowest BCUT2D eigenvalue weighted by atomic mass is 10.1. The van der Waals surface area contributed by atoms with Gasteiger partial charge in [-0.2, -0.15) is 0 Å². The number of nitrogens with zero attached hydrogens (tertiary/aromatic N) is 2. The number of carbonyl (C=O) groups excluding carboxylic acids is 2. The third-order valence-corrected chi connectivity index (χ3v) is 4.47. The number of hydrogen-bond acceptors (Lipinski definition) is 6. The van der Waals surface area contributed by atoms with Gasteiger partial charge in [-0.1, -0.05) is 0 Å². The van der Waals surface area contributed by atoms with Gasteiger partial charge in [-0.05, 0) is 24.6 Å². The molecule has 0 unspecified atom stereocenters. The number of amides is 2. The summed E-state index contributed by atoms with van der Waals surface area (Å²) in [5.74, 6) is -1.31. The number of aromatic carboxylic acids is 1. The number of carboxylic acid groups (broad SMARTS) is 1. The molecule has 1 saturated heterocycles. The monoisotopic (exact) mass is 392 g/mol. The first-order valence-electron chi connectivity index (χ1n) is 9.28. The molecule has 1 aromatic rings. The van der Waals surface area contributed by atoms with E-state index in [-0.39, 0.29) is 17.4 Å². The lowest BCUT2D eigenvalue weighted by molar-refractivity contribution is -0.122. The summed E-state index contributed by atoms with van der Waals surface area (Å²) in [5, 5.41) is 15.0. The van der Waals surface area contributed by atoms with Gasteiger partial charge in [0.1, 0.15) is 0 Å². The highest BCUT2D eigenvalue weighted by atomic mass is 16.5. The van der Waals surface area contributed by atoms with E-state index in [2.05, 4.69) is 10.6 Å². The van der Waals surface area contributed by atoms with Crippen molar-refractivity contribution in [2.45, 2.75) is 13.3 Å². The van der Waals surface area contributed by atoms with Gasteiger partial charge in [0.05, 0.1) is 17.8 Å². The summed E-state index contributed by atoms with van der Waals surface area (Å²) in [5.41, 5.74) is 1.22. The maximum Gasteiger partial charge on any atom is 0.337 e. The maximum absolute atomic E-state index is 12.0. The van der Waals surface area contributed by atoms with Crippen LogP contribution in [0.2, 0.25) is 0 Å². The maximum atomic E-state index is 12.0. The van der Waals surface area contributed by atoms with Gasteiger partial charge in [-0.3, -0.25) is 14.5 Å². The molecule has 2 rings (SSSR count). The SMILES string of the molecule is COCCCNC(=O)CN1CCN(c2ccc(NC(C)=O)cc2C(=O)O)CC1. The molecule has 0 aliphatic carbocycles. The summed E-state index contributed by atoms with van der Waals surface area (Å²) >= 11 is 0. The molecule has 0 atom stereocenters. The molecule has 9 nitrogen and oxygen atoms in total. The molecule has 0 radical (unpaired) electrons. The van der Waals surface area contributed by atoms with Crippen molar-refractivity contribution in [2.24, 2.45) is 0 Å². The lowest BCUT2D eigenvalue weighted by Crippen LogP contribution is -2.50. The minimum atomic E-state index is -1.04. The number of carboxylic acids is 1. The predicted molar refractivity (Wildman–Crippen MR) is 106 cm³/mol. The summed E-state index contributed by atoms with van der Waals surface area (Å²) in [7, 11) is 1.63. The number of anilines is 2. The van der Waals surface area contributed by atoms with Crippen molar-refractivity contribution >= 4 is 29.2 Å². The molecule has 0 aromatic heterocycles. The number of hydrogen-bond donors (Lipinski definition) is 3. The Morgan fingerprint density at radius 2 is 1.89 bits per heavy atom. The quantitative estimate of drug-likeness (QED) is 0.528. The van der Waals surface area contributed by atoms with E-state index in [1.807, 2.05) is 9.80 Å². The van der Waals surface area contributed by atoms with Crippen LogP contribution in [0.1, 0.15) is 23.7 Å². The van der Waals surface area contributed by atoms with Crippen LogP contribution >= 0.6 is 0 Å². The second kappa shape index (κ2) is 10.6. The summed E-state index contributed by atoms with van der Waals surface area (Å²) in [6.45, 7) is 5.49. The number of methoxy groups -OCH3 is 1. The van der Waals surface area contributed by atoms with Crippen LogP contribution < -0.4 is 15.5 Å². The van der Waals surface area contributed by atoms with Gasteiger partial charge < -0.3 is 25.4 Å². The molecule has 0 bridgehead atoms. The van der Waals surface area contributed by atoms with Gasteiger partial charge in [-0.25, -0.2) is 4.79 Å². The van der Waals surface area contributed by atoms with Crippen LogP contribution in [0.15, 0.2) is 18.2 Å². The molecule has 2 amide bonds. The van der Waals surface area contributed by atoms with Crippen LogP contribution in [0, 0.1) is 0 Å². The van der Waals surface area contributed by atoms with Crippen LogP contribution in [0.4, 0.5) is 11.4 Å². The minimum Gasteiger partial charge on any atom is -0.478 e. The normalized spacial score (nSPS) is 14.6. The second-order valence-corrected chi connectivity index (χ2v) is 6.68. The Bertz CT molecular complexity index is 702. The number of carbonyl (C=O) groups is 3. The van der Waals surface area contributed by atoms with E-state index >= 15 is 0 Å². The fraction of sp³-hybridized carbons (Fsp3) is 0.526. The van der Waals surface area contributed by atoms with Gasteiger partial charge >= 0.3 is 5.97 Å². The number of benzene rings is 1. The zero-order valence-corrected chi connectivity index (χ0v) is 16.4. The Morgan fingerprint density at radius 3 is 2.50 bits per heavy atom. The van der Waals surface area contributed by atoms with Crippen molar-refractivity contribution in [1.82, 2.24) is 10.2 Å². The van der Waals surface area contributed by atoms with E-state index in [4.69, 9.17) is 4.74 Å². The topological polar surface area (TPSA) is 111 Å². The predicted octanol–water partition coefficient (Wildman–Crippen LogP) is 0.618. The van der Waals surface area contributed by atoms with E-state index in [0.29, 0.717) is 57.3 Å². The first-order chi connectivity index (χ1) is 13.4. The lowest BCUT2D eigenvalue weighted by Gasteiger charge is -2.36. The van der Waals surface area contributed by atoms with Crippen LogP contribution in [0.25, 0.3) is 0 Å². The van der Waals surface area contributed by atoms with E-state index in [0.717, 1.165) is 6.42 Å². The Morgan fingerprint density at radius 1 is 1.18 bits per heavy atom. The van der Waals surface area contributed by atoms with Crippen LogP contribution in [-0.2, 0) is 14.3 Å². The molecule has 3 N–H and O–H groups in total. The van der Waals surface area contributed by atoms with E-state index in [9.17, 15) is 19.5 Å². The minimum absolute atomic E-state index is 0.0181. The number of nitrogens with one attached hydrogen (secondary N) is 2. The molecular formula is C19H28N4O5. The molecule has 9 heteroatoms. The molecule has 1 aliphatic rings. The van der Waals surface area contributed by atoms with Crippen molar-refractivity contribution < 1.29 is 24.2 Å². The zero-order valence-electron chi connectivity index (χ0n) is 16.4. The fourth-order valence-electron chi connectivity index (χ4n) is 3.11. The number of ether oxygens (including phenoxy) is 1. The standard InChI is InChI=1S/C19H28N4O5/c1-14(24)21-15-4-5-17(16(12-15)19(26)27)23-9-7-22(8-10-23)13-18(25)20-6-3-11-28-2/h4-5,12H,3,6-11,13H2,1-2H3,(H,20,25)(H,21,24)(H,26,27). The molecule has 154 valence electrons. The average Bonchev–Trinajstić information content (AvgIpc) is 2.65. The van der Waals surface area contributed by atoms with Gasteiger partial charge in [0.25, 0.3) is 0 Å². The van der Waals surface area contributed by atoms with Crippen molar-refractivity contribution in [3.63, 3.8) is 0 Å². The molecule has 1 heterocycles. The van der Waals surface area contributed by atoms with Crippen molar-refractivity contribution in [3.8, 4) is 0 Å². The average molecular weight is 392 g/mol. The Labute approximate surface area is 164 Å². The molecular weight excluding hydrogens is 364 g/mol. The Hall–Kier alpha value is -2.65. The first-order valence-corrected chi connectivity index (χ1v) is 9.28. The zero-order chi connectivity index (χ0) is 20.5. The summed E-state index contributed by atoms with van der Waals surface area (Å²) in [4.78, 5) is 38.9. The second-order valence-electron chi connectivity index (χ2n) is 6.68. The smallest absolute Gasteiger partial charge is 0.337 e. The number of rotatable bonds is 9. The molecule has 1 aromatic carbocycles. The summed E-state index contributed by atoms with van der Waals surface area (Å²) in [6, 6.07) is 4.88. The summed E-state index contributed by atoms with van der Waals surface area (Å²) < 4.78 is 4.95. The van der Waals surface area contributed by atoms with Crippen molar-refractivity contribution in [1.29, 1.82) is 0 Å². The van der Waals surface area contributed by atoms with E-state index < -0.39 is 5.97 Å². The molecule has 28 heavy (non-hydrogen) atoms. The van der Waals surface area contributed by atoms with Crippen LogP contribution in [0.5, 0.6) is 0 Å². The van der Waals surface area contributed by atoms with Gasteiger partial charge in [0, 0.05) is 59.1 Å². The third-order valence-electron chi connectivity index (χ3n) is 4.47. The largest absolute Gasteiger partial charge is 0.478 e. The first kappa shape index (κ1) is 21.6. The third kappa shape index (κ3) is 6.50. The highest BCUT2D eigenvalue weighted by Crippen LogP contribution is 2.25. The Kier molecular flexibility index (Phi) is 8.21. The Balaban J connectivity index is 1.91. The van der Waals surface area contributed by atoms with Crippen molar-refractivity contribution in [3.05, 3.63) is 23.8 Å². The van der Waals surface area contributed by atoms with Crippen LogP contribution in [0.3, 0.4) is 0 Å². The molecule has 0 spiro atoms. The summed E-state index contributed by atoms with van der Waals surface area (Å²) in [6.07, 6.45) is 0.780. The molecule has 1 aliphatic heterocycles. The highest BCUT2D eigenvalue weighted by molar-refractivity contribution is 5.97. The van der Waals surface area contributed by atoms with E-state index in [1.165, 1.54) is 13.0 Å². The molecule has 0 saturated carbocycles. The van der Waals surface area contributed by atoms with Gasteiger partial charge in [0.15, 0.2) is 0 Å². The van der Waals surface area contributed by atoms with Gasteiger partial charge in [-0.15, -0.1) is 0 Å². The van der Waals surface area contributed by atoms with Gasteiger partial charge in [0.2, 0.25) is 11.8 Å². The van der Waals surface area contributed by atoms with Crippen LogP contribution in [-0.4, -0.2) is 80.8 Å². The fourth-order valence-corrected chi connectivity index (χ4v) is 3.11. The van der Waals surface area contributed by atoms with E-state index in [1.54, 1.807) is 19.2 Å². The van der Waals surface area contributed by atoms with Crippen molar-refractivity contribution in [2.75, 3.05) is 63.2 Å². The molecule has 1 fully saturated rings. The highest BCUT2D eigenvalue weighted by Gasteiger charge is 2.23. The number of piperazine rings is 1.